The molecular weight excluding hydrogens is 450 g/mol. The van der Waals surface area contributed by atoms with E-state index in [1.54, 1.807) is 12.4 Å². The number of nitrogens with one attached hydrogen (secondary N) is 1. The van der Waals surface area contributed by atoms with Crippen LogP contribution < -0.4 is 5.32 Å². The Kier molecular flexibility index (Phi) is 6.28. The molecule has 1 aromatic carbocycles. The van der Waals surface area contributed by atoms with Crippen molar-refractivity contribution in [3.8, 4) is 0 Å². The second-order valence-corrected chi connectivity index (χ2v) is 7.78. The van der Waals surface area contributed by atoms with E-state index >= 15 is 0 Å². The van der Waals surface area contributed by atoms with Gasteiger partial charge in [-0.25, -0.2) is 14.4 Å². The molecule has 32 heavy (non-hydrogen) atoms. The average molecular weight is 467 g/mol. The Bertz CT molecular complexity index is 1090. The van der Waals surface area contributed by atoms with Crippen molar-refractivity contribution in [3.05, 3.63) is 59.6 Å². The van der Waals surface area contributed by atoms with Gasteiger partial charge in [0.25, 0.3) is 5.91 Å². The number of carbonyl (C=O) groups is 1. The first-order valence-electron chi connectivity index (χ1n) is 9.53. The molecule has 1 fully saturated rings. The van der Waals surface area contributed by atoms with Crippen LogP contribution in [0.4, 0.5) is 28.5 Å². The van der Waals surface area contributed by atoms with E-state index in [-0.39, 0.29) is 13.1 Å². The van der Waals surface area contributed by atoms with Crippen LogP contribution in [0.25, 0.3) is 0 Å². The molecule has 2 aromatic heterocycles. The summed E-state index contributed by atoms with van der Waals surface area (Å²) in [6.07, 6.45) is -0.248. The van der Waals surface area contributed by atoms with E-state index in [9.17, 15) is 22.4 Å². The molecule has 0 unspecified atom stereocenters. The summed E-state index contributed by atoms with van der Waals surface area (Å²) in [7, 11) is 0. The molecule has 8 nitrogen and oxygen atoms in total. The van der Waals surface area contributed by atoms with Crippen LogP contribution in [0.2, 0.25) is 0 Å². The molecule has 0 radical (unpaired) electrons. The maximum Gasteiger partial charge on any atom is 0.419 e. The van der Waals surface area contributed by atoms with Crippen molar-refractivity contribution in [1.82, 2.24) is 29.1 Å². The van der Waals surface area contributed by atoms with Gasteiger partial charge in [0.1, 0.15) is 12.1 Å². The van der Waals surface area contributed by atoms with Crippen LogP contribution in [0.1, 0.15) is 21.6 Å². The zero-order chi connectivity index (χ0) is 22.7. The molecule has 3 aromatic rings. The van der Waals surface area contributed by atoms with Crippen LogP contribution in [0.3, 0.4) is 0 Å². The van der Waals surface area contributed by atoms with E-state index in [4.69, 9.17) is 0 Å². The van der Waals surface area contributed by atoms with E-state index < -0.39 is 29.0 Å². The third-order valence-electron chi connectivity index (χ3n) is 4.86. The maximum atomic E-state index is 14.3. The highest BCUT2D eigenvalue weighted by atomic mass is 32.1. The normalized spacial score (nSPS) is 15.1. The summed E-state index contributed by atoms with van der Waals surface area (Å²) >= 11 is 1.19. The van der Waals surface area contributed by atoms with Crippen LogP contribution in [0, 0.1) is 5.82 Å². The van der Waals surface area contributed by atoms with Crippen molar-refractivity contribution in [1.29, 1.82) is 0 Å². The number of aromatic nitrogens is 4. The van der Waals surface area contributed by atoms with Crippen molar-refractivity contribution >= 4 is 28.4 Å². The number of amides is 1. The van der Waals surface area contributed by atoms with Crippen LogP contribution in [-0.4, -0.2) is 61.2 Å². The Labute approximate surface area is 184 Å². The number of piperazine rings is 1. The van der Waals surface area contributed by atoms with Crippen molar-refractivity contribution in [3.63, 3.8) is 0 Å². The SMILES string of the molecule is O=C(c1cccc(C(F)(F)F)c1F)N1CCN(Cc2cncc(Nc3ncns3)n2)CC1. The molecule has 1 aliphatic heterocycles. The Morgan fingerprint density at radius 3 is 2.62 bits per heavy atom. The van der Waals surface area contributed by atoms with Gasteiger partial charge in [0.15, 0.2) is 5.82 Å². The first-order chi connectivity index (χ1) is 15.3. The highest BCUT2D eigenvalue weighted by Gasteiger charge is 2.36. The van der Waals surface area contributed by atoms with Gasteiger partial charge in [0.05, 0.1) is 23.0 Å². The molecule has 1 amide bonds. The molecule has 0 spiro atoms. The van der Waals surface area contributed by atoms with Crippen LogP contribution in [-0.2, 0) is 12.7 Å². The summed E-state index contributed by atoms with van der Waals surface area (Å²) in [6.45, 7) is 1.90. The third kappa shape index (κ3) is 4.99. The molecule has 4 rings (SSSR count). The van der Waals surface area contributed by atoms with Crippen LogP contribution >= 0.6 is 11.5 Å². The highest BCUT2D eigenvalue weighted by molar-refractivity contribution is 7.09. The summed E-state index contributed by atoms with van der Waals surface area (Å²) in [5, 5.41) is 3.59. The molecule has 1 aliphatic rings. The van der Waals surface area contributed by atoms with Gasteiger partial charge in [-0.3, -0.25) is 14.7 Å². The quantitative estimate of drug-likeness (QED) is 0.577. The largest absolute Gasteiger partial charge is 0.419 e. The number of alkyl halides is 3. The maximum absolute atomic E-state index is 14.3. The number of nitrogens with zero attached hydrogens (tertiary/aromatic N) is 6. The van der Waals surface area contributed by atoms with Gasteiger partial charge in [-0.05, 0) is 12.1 Å². The fourth-order valence-corrected chi connectivity index (χ4v) is 3.74. The lowest BCUT2D eigenvalue weighted by Gasteiger charge is -2.34. The Morgan fingerprint density at radius 1 is 1.16 bits per heavy atom. The monoisotopic (exact) mass is 467 g/mol. The zero-order valence-electron chi connectivity index (χ0n) is 16.5. The van der Waals surface area contributed by atoms with Crippen molar-refractivity contribution in [2.45, 2.75) is 12.7 Å². The van der Waals surface area contributed by atoms with Gasteiger partial charge in [-0.1, -0.05) is 6.07 Å². The molecule has 168 valence electrons. The predicted octanol–water partition coefficient (Wildman–Crippen LogP) is 3.19. The van der Waals surface area contributed by atoms with Gasteiger partial charge in [-0.2, -0.15) is 17.5 Å². The first-order valence-corrected chi connectivity index (χ1v) is 10.3. The lowest BCUT2D eigenvalue weighted by molar-refractivity contribution is -0.140. The van der Waals surface area contributed by atoms with Gasteiger partial charge in [0.2, 0.25) is 5.13 Å². The second kappa shape index (κ2) is 9.12. The highest BCUT2D eigenvalue weighted by Crippen LogP contribution is 2.32. The van der Waals surface area contributed by atoms with Crippen molar-refractivity contribution < 1.29 is 22.4 Å². The second-order valence-electron chi connectivity index (χ2n) is 7.00. The van der Waals surface area contributed by atoms with Crippen LogP contribution in [0.5, 0.6) is 0 Å². The molecule has 1 saturated heterocycles. The molecule has 0 atom stereocenters. The van der Waals surface area contributed by atoms with E-state index in [0.717, 1.165) is 12.1 Å². The summed E-state index contributed by atoms with van der Waals surface area (Å²) < 4.78 is 57.0. The standard InChI is InChI=1S/C19H17F4N7OS/c20-16-13(2-1-3-14(16)19(21,22)23)17(31)30-6-4-29(5-7-30)10-12-8-24-9-15(27-12)28-18-25-11-26-32-18/h1-3,8-9,11H,4-7,10H2,(H,25,26,27,28). The number of carbonyl (C=O) groups excluding carboxylic acids is 1. The van der Waals surface area contributed by atoms with E-state index in [1.807, 2.05) is 4.90 Å². The fourth-order valence-electron chi connectivity index (χ4n) is 3.31. The molecule has 3 heterocycles. The number of halogens is 4. The van der Waals surface area contributed by atoms with E-state index in [1.165, 1.54) is 22.8 Å². The Balaban J connectivity index is 1.36. The number of hydrogen-bond donors (Lipinski definition) is 1. The smallest absolute Gasteiger partial charge is 0.336 e. The molecule has 0 aliphatic carbocycles. The van der Waals surface area contributed by atoms with Crippen LogP contribution in [0.15, 0.2) is 36.9 Å². The number of anilines is 2. The molecule has 13 heteroatoms. The third-order valence-corrected chi connectivity index (χ3v) is 5.44. The minimum absolute atomic E-state index is 0.255. The summed E-state index contributed by atoms with van der Waals surface area (Å²) in [6, 6.07) is 2.74. The van der Waals surface area contributed by atoms with E-state index in [2.05, 4.69) is 24.6 Å². The number of hydrogen-bond acceptors (Lipinski definition) is 8. The topological polar surface area (TPSA) is 87.1 Å². The fraction of sp³-hybridized carbons (Fsp3) is 0.316. The van der Waals surface area contributed by atoms with Gasteiger partial charge < -0.3 is 10.2 Å². The number of benzene rings is 1. The average Bonchev–Trinajstić information content (AvgIpc) is 3.26. The summed E-state index contributed by atoms with van der Waals surface area (Å²) in [5.41, 5.74) is -1.32. The van der Waals surface area contributed by atoms with Gasteiger partial charge in [-0.15, -0.1) is 0 Å². The Morgan fingerprint density at radius 2 is 1.94 bits per heavy atom. The first kappa shape index (κ1) is 22.0. The molecular formula is C19H17F4N7OS. The minimum atomic E-state index is -4.86. The summed E-state index contributed by atoms with van der Waals surface area (Å²) in [4.78, 5) is 28.7. The summed E-state index contributed by atoms with van der Waals surface area (Å²) in [5.74, 6) is -1.77. The van der Waals surface area contributed by atoms with Crippen molar-refractivity contribution in [2.75, 3.05) is 31.5 Å². The molecule has 0 saturated carbocycles. The minimum Gasteiger partial charge on any atom is -0.336 e. The molecule has 0 bridgehead atoms. The number of rotatable bonds is 5. The van der Waals surface area contributed by atoms with Gasteiger partial charge in [0, 0.05) is 50.5 Å². The lowest BCUT2D eigenvalue weighted by Crippen LogP contribution is -2.48. The van der Waals surface area contributed by atoms with E-state index in [0.29, 0.717) is 42.3 Å². The molecule has 1 N–H and O–H groups in total. The Hall–Kier alpha value is -3.19. The van der Waals surface area contributed by atoms with Crippen molar-refractivity contribution in [2.24, 2.45) is 0 Å². The zero-order valence-corrected chi connectivity index (χ0v) is 17.3. The van der Waals surface area contributed by atoms with Gasteiger partial charge >= 0.3 is 6.18 Å². The lowest BCUT2D eigenvalue weighted by atomic mass is 10.1. The predicted molar refractivity (Wildman–Crippen MR) is 108 cm³/mol.